The van der Waals surface area contributed by atoms with Crippen LogP contribution in [-0.4, -0.2) is 25.9 Å². The van der Waals surface area contributed by atoms with Crippen molar-refractivity contribution in [3.8, 4) is 5.75 Å². The van der Waals surface area contributed by atoms with Crippen LogP contribution in [0.3, 0.4) is 0 Å². The van der Waals surface area contributed by atoms with Gasteiger partial charge >= 0.3 is 0 Å². The Labute approximate surface area is 115 Å². The molecule has 0 saturated carbocycles. The lowest BCUT2D eigenvalue weighted by atomic mass is 9.93. The molecule has 2 rings (SSSR count). The summed E-state index contributed by atoms with van der Waals surface area (Å²) in [6, 6.07) is 6.24. The zero-order valence-corrected chi connectivity index (χ0v) is 11.8. The predicted molar refractivity (Wildman–Crippen MR) is 78.7 cm³/mol. The summed E-state index contributed by atoms with van der Waals surface area (Å²) in [4.78, 5) is 0. The van der Waals surface area contributed by atoms with E-state index in [9.17, 15) is 0 Å². The van der Waals surface area contributed by atoms with Crippen LogP contribution in [0.15, 0.2) is 18.2 Å². The highest BCUT2D eigenvalue weighted by atomic mass is 16.5. The normalized spacial score (nSPS) is 18.0. The van der Waals surface area contributed by atoms with E-state index in [1.54, 1.807) is 0 Å². The van der Waals surface area contributed by atoms with Crippen LogP contribution in [0.25, 0.3) is 0 Å². The summed E-state index contributed by atoms with van der Waals surface area (Å²) < 4.78 is 10.9. The highest BCUT2D eigenvalue weighted by Crippen LogP contribution is 2.26. The van der Waals surface area contributed by atoms with E-state index in [0.29, 0.717) is 18.6 Å². The monoisotopic (exact) mass is 264 g/mol. The third-order valence-electron chi connectivity index (χ3n) is 3.61. The Balaban J connectivity index is 2.00. The van der Waals surface area contributed by atoms with Crippen molar-refractivity contribution in [1.82, 2.24) is 0 Å². The molecule has 0 radical (unpaired) electrons. The minimum Gasteiger partial charge on any atom is -0.494 e. The first kappa shape index (κ1) is 14.0. The Morgan fingerprint density at radius 3 is 2.79 bits per heavy atom. The predicted octanol–water partition coefficient (Wildman–Crippen LogP) is 2.89. The number of nitrogens with one attached hydrogen (secondary N) is 1. The first-order valence-corrected chi connectivity index (χ1v) is 7.06. The van der Waals surface area contributed by atoms with Crippen LogP contribution >= 0.6 is 0 Å². The summed E-state index contributed by atoms with van der Waals surface area (Å²) in [6.07, 6.45) is 2.24. The summed E-state index contributed by atoms with van der Waals surface area (Å²) in [5.74, 6) is 1.48. The standard InChI is InChI=1S/C15H24N2O2/c1-3-19-15-9-13(16)8-14(10-15)17-11(2)12-4-6-18-7-5-12/h8-12,17H,3-7,16H2,1-2H3. The highest BCUT2D eigenvalue weighted by Gasteiger charge is 2.20. The summed E-state index contributed by atoms with van der Waals surface area (Å²) in [5, 5.41) is 3.54. The van der Waals surface area contributed by atoms with Gasteiger partial charge in [0, 0.05) is 42.8 Å². The maximum Gasteiger partial charge on any atom is 0.123 e. The summed E-state index contributed by atoms with van der Waals surface area (Å²) in [5.41, 5.74) is 7.66. The fraction of sp³-hybridized carbons (Fsp3) is 0.600. The molecule has 0 aromatic heterocycles. The lowest BCUT2D eigenvalue weighted by Gasteiger charge is -2.29. The van der Waals surface area contributed by atoms with Crippen molar-refractivity contribution in [2.75, 3.05) is 30.9 Å². The van der Waals surface area contributed by atoms with Gasteiger partial charge in [-0.1, -0.05) is 0 Å². The van der Waals surface area contributed by atoms with Gasteiger partial charge in [-0.25, -0.2) is 0 Å². The molecule has 0 spiro atoms. The molecule has 106 valence electrons. The molecule has 0 aliphatic carbocycles. The fourth-order valence-corrected chi connectivity index (χ4v) is 2.55. The van der Waals surface area contributed by atoms with Crippen molar-refractivity contribution in [3.63, 3.8) is 0 Å². The first-order chi connectivity index (χ1) is 9.19. The second-order valence-electron chi connectivity index (χ2n) is 5.11. The van der Waals surface area contributed by atoms with E-state index in [1.165, 1.54) is 0 Å². The van der Waals surface area contributed by atoms with Crippen molar-refractivity contribution < 1.29 is 9.47 Å². The van der Waals surface area contributed by atoms with Crippen LogP contribution in [0.5, 0.6) is 5.75 Å². The van der Waals surface area contributed by atoms with Gasteiger partial charge in [0.15, 0.2) is 0 Å². The van der Waals surface area contributed by atoms with Gasteiger partial charge < -0.3 is 20.5 Å². The van der Waals surface area contributed by atoms with E-state index < -0.39 is 0 Å². The van der Waals surface area contributed by atoms with Crippen LogP contribution in [0, 0.1) is 5.92 Å². The van der Waals surface area contributed by atoms with Crippen molar-refractivity contribution in [1.29, 1.82) is 0 Å². The van der Waals surface area contributed by atoms with Crippen LogP contribution in [-0.2, 0) is 4.74 Å². The van der Waals surface area contributed by atoms with E-state index in [-0.39, 0.29) is 0 Å². The molecule has 4 nitrogen and oxygen atoms in total. The van der Waals surface area contributed by atoms with Crippen molar-refractivity contribution in [2.45, 2.75) is 32.7 Å². The smallest absolute Gasteiger partial charge is 0.123 e. The molecule has 4 heteroatoms. The number of hydrogen-bond acceptors (Lipinski definition) is 4. The lowest BCUT2D eigenvalue weighted by Crippen LogP contribution is -2.30. The van der Waals surface area contributed by atoms with Gasteiger partial charge in [-0.3, -0.25) is 0 Å². The molecule has 1 aliphatic heterocycles. The maximum absolute atomic E-state index is 5.90. The molecule has 1 saturated heterocycles. The molecule has 1 aromatic rings. The van der Waals surface area contributed by atoms with Gasteiger partial charge in [0.2, 0.25) is 0 Å². The van der Waals surface area contributed by atoms with Gasteiger partial charge in [-0.05, 0) is 38.7 Å². The molecule has 1 aromatic carbocycles. The van der Waals surface area contributed by atoms with Crippen LogP contribution in [0.4, 0.5) is 11.4 Å². The Kier molecular flexibility index (Phi) is 4.91. The van der Waals surface area contributed by atoms with Gasteiger partial charge in [0.1, 0.15) is 5.75 Å². The number of hydrogen-bond donors (Lipinski definition) is 2. The Morgan fingerprint density at radius 2 is 2.11 bits per heavy atom. The van der Waals surface area contributed by atoms with Gasteiger partial charge in [0.25, 0.3) is 0 Å². The minimum atomic E-state index is 0.417. The molecule has 0 amide bonds. The molecular formula is C15H24N2O2. The Bertz CT molecular complexity index is 403. The Hall–Kier alpha value is -1.42. The molecule has 1 unspecified atom stereocenters. The van der Waals surface area contributed by atoms with Crippen molar-refractivity contribution >= 4 is 11.4 Å². The maximum atomic E-state index is 5.90. The van der Waals surface area contributed by atoms with E-state index in [2.05, 4.69) is 12.2 Å². The summed E-state index contributed by atoms with van der Waals surface area (Å²) in [7, 11) is 0. The molecule has 1 heterocycles. The highest BCUT2D eigenvalue weighted by molar-refractivity contribution is 5.59. The minimum absolute atomic E-state index is 0.417. The van der Waals surface area contributed by atoms with E-state index in [4.69, 9.17) is 15.2 Å². The second-order valence-corrected chi connectivity index (χ2v) is 5.11. The molecule has 1 aliphatic rings. The number of nitrogen functional groups attached to an aromatic ring is 1. The largest absolute Gasteiger partial charge is 0.494 e. The van der Waals surface area contributed by atoms with Crippen molar-refractivity contribution in [3.05, 3.63) is 18.2 Å². The lowest BCUT2D eigenvalue weighted by molar-refractivity contribution is 0.0622. The van der Waals surface area contributed by atoms with Crippen molar-refractivity contribution in [2.24, 2.45) is 5.92 Å². The molecule has 3 N–H and O–H groups in total. The average molecular weight is 264 g/mol. The van der Waals surface area contributed by atoms with Gasteiger partial charge in [-0.15, -0.1) is 0 Å². The second kappa shape index (κ2) is 6.66. The van der Waals surface area contributed by atoms with Crippen LogP contribution in [0.2, 0.25) is 0 Å². The fourth-order valence-electron chi connectivity index (χ4n) is 2.55. The molecule has 19 heavy (non-hydrogen) atoms. The third-order valence-corrected chi connectivity index (χ3v) is 3.61. The molecular weight excluding hydrogens is 240 g/mol. The van der Waals surface area contributed by atoms with E-state index in [1.807, 2.05) is 25.1 Å². The van der Waals surface area contributed by atoms with Crippen LogP contribution < -0.4 is 15.8 Å². The number of anilines is 2. The third kappa shape index (κ3) is 4.03. The van der Waals surface area contributed by atoms with E-state index in [0.717, 1.165) is 43.2 Å². The molecule has 1 atom stereocenters. The van der Waals surface area contributed by atoms with Gasteiger partial charge in [0.05, 0.1) is 6.61 Å². The number of ether oxygens (including phenoxy) is 2. The number of rotatable bonds is 5. The number of nitrogens with two attached hydrogens (primary N) is 1. The first-order valence-electron chi connectivity index (χ1n) is 7.06. The number of benzene rings is 1. The van der Waals surface area contributed by atoms with Gasteiger partial charge in [-0.2, -0.15) is 0 Å². The average Bonchev–Trinajstić information content (AvgIpc) is 2.39. The topological polar surface area (TPSA) is 56.5 Å². The molecule has 1 fully saturated rings. The zero-order valence-electron chi connectivity index (χ0n) is 11.8. The molecule has 0 bridgehead atoms. The van der Waals surface area contributed by atoms with E-state index >= 15 is 0 Å². The van der Waals surface area contributed by atoms with Crippen LogP contribution in [0.1, 0.15) is 26.7 Å². The zero-order chi connectivity index (χ0) is 13.7. The SMILES string of the molecule is CCOc1cc(N)cc(NC(C)C2CCOCC2)c1. The summed E-state index contributed by atoms with van der Waals surface area (Å²) in [6.45, 7) is 6.59. The quantitative estimate of drug-likeness (QED) is 0.803. The summed E-state index contributed by atoms with van der Waals surface area (Å²) >= 11 is 0. The Morgan fingerprint density at radius 1 is 1.37 bits per heavy atom.